The van der Waals surface area contributed by atoms with Gasteiger partial charge in [-0.2, -0.15) is 20.6 Å². The Labute approximate surface area is 763 Å². The van der Waals surface area contributed by atoms with Gasteiger partial charge in [0.2, 0.25) is 5.91 Å². The maximum Gasteiger partial charge on any atom is 0.417 e. The van der Waals surface area contributed by atoms with Crippen molar-refractivity contribution in [3.8, 4) is 11.8 Å². The molecule has 0 spiro atoms. The van der Waals surface area contributed by atoms with E-state index in [4.69, 9.17) is 19.5 Å². The number of Topliss-reactive ketones (excluding diaryl/α,β-unsaturated/α-hetero) is 1. The van der Waals surface area contributed by atoms with Crippen LogP contribution >= 0.6 is 22.6 Å². The minimum Gasteiger partial charge on any atom is -0.460 e. The number of fused-ring (bicyclic) bond motifs is 3. The Kier molecular flexibility index (Phi) is 32.4. The normalized spacial score (nSPS) is 19.6. The predicted octanol–water partition coefficient (Wildman–Crippen LogP) is 13.8. The van der Waals surface area contributed by atoms with E-state index in [-0.39, 0.29) is 90.8 Å². The largest absolute Gasteiger partial charge is 0.460 e. The highest BCUT2D eigenvalue weighted by Gasteiger charge is 2.46. The molecule has 31 nitrogen and oxygen atoms in total. The number of hydrogen-bond acceptors (Lipinski definition) is 20. The molecule has 38 heteroatoms. The number of amides is 8. The van der Waals surface area contributed by atoms with Crippen molar-refractivity contribution in [2.24, 2.45) is 0 Å². The number of ether oxygens (including phenoxy) is 4. The van der Waals surface area contributed by atoms with Crippen LogP contribution in [-0.2, 0) is 77.5 Å². The summed E-state index contributed by atoms with van der Waals surface area (Å²) in [6.45, 7) is 22.3. The zero-order valence-corrected chi connectivity index (χ0v) is 75.1. The Morgan fingerprint density at radius 2 is 0.893 bits per heavy atom. The van der Waals surface area contributed by atoms with Gasteiger partial charge in [0, 0.05) is 67.3 Å². The number of urea groups is 1. The zero-order chi connectivity index (χ0) is 95.0. The second-order valence-corrected chi connectivity index (χ2v) is 34.3. The van der Waals surface area contributed by atoms with Crippen molar-refractivity contribution < 1.29 is 104 Å². The van der Waals surface area contributed by atoms with E-state index in [1.165, 1.54) is 28.1 Å². The molecule has 0 radical (unpaired) electrons. The Morgan fingerprint density at radius 3 is 1.30 bits per heavy atom. The molecule has 3 saturated heterocycles. The number of nitrogens with one attached hydrogen (secondary N) is 3. The standard InChI is InChI=1S/C24H22F3N5O3.C22H28N4O4.C13H8F3NO2.C12H18IN3O2.C12H11NO3.C10H11NO2/c1-13-10-32-20(12-30(13)24(35)29-15-7-17(25)21(27)18(26)8-15)19(9-28-32)31-11-16(22(33)23(31)34)14-5-3-2-4-6-14;1-14-11-26-18(13-24(14)21(29)30-22(2,3)4)17(10-23-26)25-12-16(19(27)20(25)28)15-8-6-5-7-9-15;14-10-6-8(7-11(15)12(10)16)17-13(18)19-9-4-2-1-3-5-9;1-8-6-16-10(9(13)5-14-16)7-15(8)11(17)18-12(2,3)4;1-2-16-12(15)11(14)10(8-13)9-6-4-3-5-7-9;12-9-8(6-11-10(9)13)7-4-2-1-3-5-7/h2-9,13,16,22,33H,10-12H2,1H3,(H,29,35);5-10,14,16,19,27H,11-13H2,1-4H3;1-7H,(H,17,18);5,8H,6-7H2,1-4H3;3-7,10H,2H2,1H3;1-5,8-9,12H,6H2,(H,11,13)/t13-,16?,22?;14-,16?,19?;;8-;;/m00.0../s1. The lowest BCUT2D eigenvalue weighted by atomic mass is 9.96. The fourth-order valence-electron chi connectivity index (χ4n) is 14.9. The molecule has 0 aliphatic carbocycles. The zero-order valence-electron chi connectivity index (χ0n) is 73.0. The van der Waals surface area contributed by atoms with Gasteiger partial charge in [-0.1, -0.05) is 140 Å². The third kappa shape index (κ3) is 24.5. The quantitative estimate of drug-likeness (QED) is 0.0165. The van der Waals surface area contributed by atoms with Gasteiger partial charge in [0.05, 0.1) is 126 Å². The SMILES string of the molecule is CCOC(=O)C(=O)C(C#N)c1ccccc1.C[C@H]1Cn2ncc(I)c2CN1C(=O)OC(C)(C)C.C[C@H]1Cn2ncc(N3CC(c4ccccc4)C(O)C3=O)c2CN1C(=O)Nc1cc(F)c(F)c(F)c1.C[C@H]1Cn2ncc(N3CC(c4ccccc4)C(O)C3=O)c2CN1C(=O)OC(C)(C)C.O=C(Nc1cc(F)c(F)c(F)c1)Oc1ccccc1.O=C1NCC(c2ccccc2)C1O. The summed E-state index contributed by atoms with van der Waals surface area (Å²) >= 11 is 2.25. The van der Waals surface area contributed by atoms with E-state index < -0.39 is 106 Å². The average Bonchev–Trinajstić information content (AvgIpc) is 1.61. The first-order chi connectivity index (χ1) is 62.2. The van der Waals surface area contributed by atoms with Crippen LogP contribution in [0.3, 0.4) is 0 Å². The number of carbonyl (C=O) groups excluding carboxylic acids is 9. The molecule has 10 aromatic rings. The van der Waals surface area contributed by atoms with Gasteiger partial charge in [-0.3, -0.25) is 48.3 Å². The van der Waals surface area contributed by atoms with Crippen LogP contribution < -0.4 is 30.5 Å². The summed E-state index contributed by atoms with van der Waals surface area (Å²) in [6, 6.07) is 48.5. The molecule has 7 unspecified atom stereocenters. The molecule has 9 heterocycles. The van der Waals surface area contributed by atoms with Crippen LogP contribution in [0.2, 0.25) is 0 Å². The van der Waals surface area contributed by atoms with Crippen LogP contribution in [0.25, 0.3) is 0 Å². The summed E-state index contributed by atoms with van der Waals surface area (Å²) in [5.41, 5.74) is 5.33. The number of carbonyl (C=O) groups is 9. The number of aromatic nitrogens is 6. The monoisotopic (exact) mass is 1920 g/mol. The summed E-state index contributed by atoms with van der Waals surface area (Å²) in [5.74, 6) is -13.3. The van der Waals surface area contributed by atoms with Crippen molar-refractivity contribution in [3.05, 3.63) is 272 Å². The van der Waals surface area contributed by atoms with E-state index in [9.17, 15) is 84.8 Å². The molecule has 6 aliphatic rings. The molecule has 0 saturated carbocycles. The number of benzene rings is 7. The van der Waals surface area contributed by atoms with Gasteiger partial charge < -0.3 is 59.6 Å². The van der Waals surface area contributed by atoms with Crippen LogP contribution in [0.5, 0.6) is 5.75 Å². The number of anilines is 4. The molecule has 0 bridgehead atoms. The highest BCUT2D eigenvalue weighted by atomic mass is 127. The van der Waals surface area contributed by atoms with Gasteiger partial charge in [-0.05, 0) is 126 Å². The minimum absolute atomic E-state index is 0.0599. The number of ketones is 1. The van der Waals surface area contributed by atoms with E-state index in [1.54, 1.807) is 88.0 Å². The fraction of sp³-hybridized carbons (Fsp3) is 0.344. The molecule has 6 aliphatic heterocycles. The van der Waals surface area contributed by atoms with Crippen molar-refractivity contribution in [2.75, 3.05) is 46.7 Å². The van der Waals surface area contributed by atoms with Crippen LogP contribution in [-0.4, -0.2) is 187 Å². The van der Waals surface area contributed by atoms with Crippen molar-refractivity contribution in [1.29, 1.82) is 5.26 Å². The van der Waals surface area contributed by atoms with Gasteiger partial charge in [-0.15, -0.1) is 0 Å². The van der Waals surface area contributed by atoms with E-state index in [1.807, 2.05) is 168 Å². The fourth-order valence-corrected chi connectivity index (χ4v) is 15.5. The number of hydrogen-bond donors (Lipinski definition) is 6. The van der Waals surface area contributed by atoms with E-state index >= 15 is 0 Å². The van der Waals surface area contributed by atoms with Crippen LogP contribution in [0.15, 0.2) is 195 Å². The molecule has 7 aromatic carbocycles. The maximum atomic E-state index is 13.6. The van der Waals surface area contributed by atoms with Gasteiger partial charge in [0.1, 0.15) is 41.2 Å². The number of nitriles is 1. The molecule has 6 N–H and O–H groups in total. The Bertz CT molecular complexity index is 5740. The molecular formula is C93H98F6IN15O16. The van der Waals surface area contributed by atoms with Crippen molar-refractivity contribution in [2.45, 2.75) is 180 Å². The minimum atomic E-state index is -1.62. The van der Waals surface area contributed by atoms with E-state index in [2.05, 4.69) is 58.6 Å². The topological polar surface area (TPSA) is 381 Å². The summed E-state index contributed by atoms with van der Waals surface area (Å²) < 4.78 is 106. The number of esters is 1. The number of aliphatic hydroxyl groups is 3. The molecule has 8 amide bonds. The van der Waals surface area contributed by atoms with Crippen molar-refractivity contribution in [3.63, 3.8) is 0 Å². The van der Waals surface area contributed by atoms with Crippen molar-refractivity contribution >= 4 is 99.1 Å². The first kappa shape index (κ1) is 98.1. The Morgan fingerprint density at radius 1 is 0.519 bits per heavy atom. The smallest absolute Gasteiger partial charge is 0.417 e. The van der Waals surface area contributed by atoms with Gasteiger partial charge in [-0.25, -0.2) is 50.3 Å². The second-order valence-electron chi connectivity index (χ2n) is 33.2. The lowest BCUT2D eigenvalue weighted by Crippen LogP contribution is -2.47. The third-order valence-electron chi connectivity index (χ3n) is 21.5. The van der Waals surface area contributed by atoms with E-state index in [0.717, 1.165) is 38.2 Å². The molecule has 16 rings (SSSR count). The highest BCUT2D eigenvalue weighted by Crippen LogP contribution is 2.39. The number of aliphatic hydroxyl groups excluding tert-OH is 3. The summed E-state index contributed by atoms with van der Waals surface area (Å²) in [6.07, 6.45) is 0.248. The lowest BCUT2D eigenvalue weighted by Gasteiger charge is -2.36. The van der Waals surface area contributed by atoms with Crippen LogP contribution in [0, 0.1) is 49.8 Å². The Balaban J connectivity index is 0.000000157. The third-order valence-corrected chi connectivity index (χ3v) is 22.4. The number of rotatable bonds is 12. The number of halogens is 7. The molecule has 10 atom stereocenters. The summed E-state index contributed by atoms with van der Waals surface area (Å²) in [4.78, 5) is 117. The molecular weight excluding hydrogens is 1820 g/mol. The van der Waals surface area contributed by atoms with Gasteiger partial charge in [0.15, 0.2) is 34.9 Å². The second kappa shape index (κ2) is 43.3. The Hall–Kier alpha value is -13.5. The average molecular weight is 1920 g/mol. The van der Waals surface area contributed by atoms with Crippen LogP contribution in [0.1, 0.15) is 132 Å². The maximum absolute atomic E-state index is 13.6. The highest BCUT2D eigenvalue weighted by molar-refractivity contribution is 14.1. The number of para-hydroxylation sites is 1. The first-order valence-corrected chi connectivity index (χ1v) is 42.7. The van der Waals surface area contributed by atoms with E-state index in [0.29, 0.717) is 86.2 Å². The molecule has 690 valence electrons. The first-order valence-electron chi connectivity index (χ1n) is 41.7. The van der Waals surface area contributed by atoms with Crippen LogP contribution in [0.4, 0.5) is 68.3 Å². The van der Waals surface area contributed by atoms with Crippen molar-refractivity contribution in [1.82, 2.24) is 49.4 Å². The molecule has 131 heavy (non-hydrogen) atoms. The lowest BCUT2D eigenvalue weighted by molar-refractivity contribution is -0.153. The molecule has 3 aromatic heterocycles. The van der Waals surface area contributed by atoms with Gasteiger partial charge >= 0.3 is 30.3 Å². The summed E-state index contributed by atoms with van der Waals surface area (Å²) in [5, 5.41) is 59.8. The summed E-state index contributed by atoms with van der Waals surface area (Å²) in [7, 11) is 0. The molecule has 3 fully saturated rings. The van der Waals surface area contributed by atoms with Gasteiger partial charge in [0.25, 0.3) is 17.6 Å². The number of nitrogens with zero attached hydrogens (tertiary/aromatic N) is 12. The predicted molar refractivity (Wildman–Crippen MR) is 474 cm³/mol.